The van der Waals surface area contributed by atoms with Crippen LogP contribution in [0.5, 0.6) is 0 Å². The van der Waals surface area contributed by atoms with Gasteiger partial charge in [0.15, 0.2) is 6.61 Å². The van der Waals surface area contributed by atoms with Crippen LogP contribution >= 0.6 is 0 Å². The summed E-state index contributed by atoms with van der Waals surface area (Å²) >= 11 is 0. The minimum absolute atomic E-state index is 0.0353. The van der Waals surface area contributed by atoms with Crippen LogP contribution in [0.15, 0.2) is 42.5 Å². The highest BCUT2D eigenvalue weighted by atomic mass is 19.1. The molecule has 1 aliphatic rings. The van der Waals surface area contributed by atoms with Gasteiger partial charge in [-0.15, -0.1) is 0 Å². The van der Waals surface area contributed by atoms with Crippen molar-refractivity contribution in [3.63, 3.8) is 0 Å². The topological polar surface area (TPSA) is 89.8 Å². The molecule has 1 unspecified atom stereocenters. The Balaban J connectivity index is 1.74. The Morgan fingerprint density at radius 3 is 2.72 bits per heavy atom. The second-order valence-corrected chi connectivity index (χ2v) is 7.13. The summed E-state index contributed by atoms with van der Waals surface area (Å²) in [4.78, 5) is 37.3. The van der Waals surface area contributed by atoms with E-state index in [-0.39, 0.29) is 16.8 Å². The molecule has 1 fully saturated rings. The molecule has 7 nitrogen and oxygen atoms in total. The Kier molecular flexibility index (Phi) is 6.21. The summed E-state index contributed by atoms with van der Waals surface area (Å²) in [5.41, 5.74) is 0.0576. The smallest absolute Gasteiger partial charge is 0.338 e. The molecule has 152 valence electrons. The van der Waals surface area contributed by atoms with Gasteiger partial charge in [-0.2, -0.15) is 0 Å². The molecule has 0 aromatic heterocycles. The molecular weight excluding hydrogens is 379 g/mol. The van der Waals surface area contributed by atoms with E-state index in [1.165, 1.54) is 30.3 Å². The van der Waals surface area contributed by atoms with Crippen molar-refractivity contribution in [2.75, 3.05) is 24.6 Å². The van der Waals surface area contributed by atoms with E-state index in [1.807, 2.05) is 4.90 Å². The number of ether oxygens (including phenoxy) is 1. The summed E-state index contributed by atoms with van der Waals surface area (Å²) in [7, 11) is 0. The maximum Gasteiger partial charge on any atom is 0.338 e. The van der Waals surface area contributed by atoms with E-state index in [9.17, 15) is 24.1 Å². The summed E-state index contributed by atoms with van der Waals surface area (Å²) in [5, 5.41) is 11.5. The van der Waals surface area contributed by atoms with E-state index in [1.54, 1.807) is 0 Å². The van der Waals surface area contributed by atoms with Crippen molar-refractivity contribution < 1.29 is 23.6 Å². The van der Waals surface area contributed by atoms with Gasteiger partial charge in [-0.25, -0.2) is 9.18 Å². The van der Waals surface area contributed by atoms with Crippen LogP contribution in [0.1, 0.15) is 40.5 Å². The number of carbonyl (C=O) groups is 2. The van der Waals surface area contributed by atoms with Gasteiger partial charge < -0.3 is 9.64 Å². The van der Waals surface area contributed by atoms with E-state index >= 15 is 0 Å². The molecule has 1 heterocycles. The van der Waals surface area contributed by atoms with Crippen molar-refractivity contribution in [3.05, 3.63) is 69.5 Å². The number of Topliss-reactive ketones (excluding diaryl/α,β-unsaturated/α-hetero) is 1. The van der Waals surface area contributed by atoms with E-state index in [0.717, 1.165) is 25.0 Å². The maximum atomic E-state index is 13.6. The molecule has 0 amide bonds. The van der Waals surface area contributed by atoms with E-state index in [0.29, 0.717) is 24.7 Å². The van der Waals surface area contributed by atoms with Crippen molar-refractivity contribution in [1.82, 2.24) is 0 Å². The van der Waals surface area contributed by atoms with E-state index < -0.39 is 29.1 Å². The Bertz CT molecular complexity index is 946. The zero-order chi connectivity index (χ0) is 21.0. The number of nitrogens with zero attached hydrogens (tertiary/aromatic N) is 2. The normalized spacial score (nSPS) is 16.3. The highest BCUT2D eigenvalue weighted by molar-refractivity contribution is 5.99. The fourth-order valence-electron chi connectivity index (χ4n) is 3.45. The molecule has 29 heavy (non-hydrogen) atoms. The van der Waals surface area contributed by atoms with E-state index in [4.69, 9.17) is 4.74 Å². The molecule has 1 atom stereocenters. The monoisotopic (exact) mass is 400 g/mol. The maximum absolute atomic E-state index is 13.6. The first-order chi connectivity index (χ1) is 13.9. The molecule has 1 aliphatic heterocycles. The SMILES string of the molecule is CC1CCCN(c2ccc(C(=O)OCC(=O)c3ccccc3F)cc2[N+](=O)[O-])C1. The third-order valence-corrected chi connectivity index (χ3v) is 4.91. The molecule has 3 rings (SSSR count). The Morgan fingerprint density at radius 1 is 1.28 bits per heavy atom. The third kappa shape index (κ3) is 4.77. The number of rotatable bonds is 6. The van der Waals surface area contributed by atoms with Crippen LogP contribution in [0.2, 0.25) is 0 Å². The molecule has 2 aromatic rings. The van der Waals surface area contributed by atoms with Crippen LogP contribution in [0.3, 0.4) is 0 Å². The summed E-state index contributed by atoms with van der Waals surface area (Å²) in [6.45, 7) is 2.86. The van der Waals surface area contributed by atoms with Gasteiger partial charge >= 0.3 is 5.97 Å². The summed E-state index contributed by atoms with van der Waals surface area (Å²) in [6.07, 6.45) is 2.02. The fourth-order valence-corrected chi connectivity index (χ4v) is 3.45. The van der Waals surface area contributed by atoms with Crippen molar-refractivity contribution in [1.29, 1.82) is 0 Å². The number of nitro groups is 1. The Morgan fingerprint density at radius 2 is 2.03 bits per heavy atom. The van der Waals surface area contributed by atoms with Gasteiger partial charge in [0.25, 0.3) is 5.69 Å². The number of anilines is 1. The standard InChI is InChI=1S/C21H21FN2O5/c1-14-5-4-10-23(12-14)18-9-8-15(11-19(18)24(27)28)21(26)29-13-20(25)16-6-2-3-7-17(16)22/h2-3,6-9,11,14H,4-5,10,12-13H2,1H3. The summed E-state index contributed by atoms with van der Waals surface area (Å²) < 4.78 is 18.6. The second-order valence-electron chi connectivity index (χ2n) is 7.13. The van der Waals surface area contributed by atoms with Gasteiger partial charge in [0, 0.05) is 19.2 Å². The van der Waals surface area contributed by atoms with Gasteiger partial charge in [-0.3, -0.25) is 14.9 Å². The molecule has 0 bridgehead atoms. The lowest BCUT2D eigenvalue weighted by molar-refractivity contribution is -0.384. The number of benzene rings is 2. The molecule has 0 radical (unpaired) electrons. The predicted molar refractivity (Wildman–Crippen MR) is 105 cm³/mol. The minimum atomic E-state index is -0.878. The van der Waals surface area contributed by atoms with Gasteiger partial charge in [0.05, 0.1) is 16.1 Å². The highest BCUT2D eigenvalue weighted by Crippen LogP contribution is 2.32. The predicted octanol–water partition coefficient (Wildman–Crippen LogP) is 4.01. The molecule has 0 saturated carbocycles. The van der Waals surface area contributed by atoms with E-state index in [2.05, 4.69) is 6.92 Å². The first-order valence-corrected chi connectivity index (χ1v) is 9.35. The number of halogens is 1. The third-order valence-electron chi connectivity index (χ3n) is 4.91. The van der Waals surface area contributed by atoms with Gasteiger partial charge in [-0.05, 0) is 43.0 Å². The highest BCUT2D eigenvalue weighted by Gasteiger charge is 2.25. The molecule has 2 aromatic carbocycles. The molecule has 0 spiro atoms. The average Bonchev–Trinajstić information content (AvgIpc) is 2.71. The van der Waals surface area contributed by atoms with Crippen molar-refractivity contribution in [2.24, 2.45) is 5.92 Å². The average molecular weight is 400 g/mol. The van der Waals surface area contributed by atoms with Crippen LogP contribution in [-0.2, 0) is 4.74 Å². The lowest BCUT2D eigenvalue weighted by Gasteiger charge is -2.32. The van der Waals surface area contributed by atoms with Gasteiger partial charge in [-0.1, -0.05) is 19.1 Å². The van der Waals surface area contributed by atoms with Crippen LogP contribution in [0, 0.1) is 21.8 Å². The lowest BCUT2D eigenvalue weighted by Crippen LogP contribution is -2.34. The molecule has 0 N–H and O–H groups in total. The zero-order valence-electron chi connectivity index (χ0n) is 16.0. The number of hydrogen-bond acceptors (Lipinski definition) is 6. The van der Waals surface area contributed by atoms with Gasteiger partial charge in [0.1, 0.15) is 11.5 Å². The number of ketones is 1. The zero-order valence-corrected chi connectivity index (χ0v) is 16.0. The van der Waals surface area contributed by atoms with Crippen LogP contribution < -0.4 is 4.90 Å². The van der Waals surface area contributed by atoms with Crippen molar-refractivity contribution >= 4 is 23.1 Å². The largest absolute Gasteiger partial charge is 0.454 e. The number of esters is 1. The molecular formula is C21H21FN2O5. The van der Waals surface area contributed by atoms with Crippen LogP contribution in [0.4, 0.5) is 15.8 Å². The molecule has 0 aliphatic carbocycles. The lowest BCUT2D eigenvalue weighted by atomic mass is 9.99. The van der Waals surface area contributed by atoms with Crippen molar-refractivity contribution in [2.45, 2.75) is 19.8 Å². The minimum Gasteiger partial charge on any atom is -0.454 e. The first-order valence-electron chi connectivity index (χ1n) is 9.35. The number of piperidine rings is 1. The van der Waals surface area contributed by atoms with Crippen molar-refractivity contribution in [3.8, 4) is 0 Å². The van der Waals surface area contributed by atoms with Gasteiger partial charge in [0.2, 0.25) is 5.78 Å². The Hall–Kier alpha value is -3.29. The first kappa shape index (κ1) is 20.4. The Labute approximate surface area is 167 Å². The molecule has 8 heteroatoms. The summed E-state index contributed by atoms with van der Waals surface area (Å²) in [5.74, 6) is -1.84. The molecule has 1 saturated heterocycles. The fraction of sp³-hybridized carbons (Fsp3) is 0.333. The summed E-state index contributed by atoms with van der Waals surface area (Å²) in [6, 6.07) is 9.51. The number of nitro benzene ring substituents is 1. The van der Waals surface area contributed by atoms with Crippen LogP contribution in [-0.4, -0.2) is 36.4 Å². The number of carbonyl (C=O) groups excluding carboxylic acids is 2. The van der Waals surface area contributed by atoms with Crippen LogP contribution in [0.25, 0.3) is 0 Å². The number of hydrogen-bond donors (Lipinski definition) is 0. The second kappa shape index (κ2) is 8.81. The quantitative estimate of drug-likeness (QED) is 0.315.